The molecule has 0 rings (SSSR count). The van der Waals surface area contributed by atoms with Crippen LogP contribution >= 0.6 is 11.6 Å². The number of halogens is 1. The van der Waals surface area contributed by atoms with Gasteiger partial charge in [-0.15, -0.1) is 11.6 Å². The summed E-state index contributed by atoms with van der Waals surface area (Å²) >= 11 is 5.20. The molecule has 0 bridgehead atoms. The summed E-state index contributed by atoms with van der Waals surface area (Å²) in [4.78, 5) is 0. The van der Waals surface area contributed by atoms with E-state index in [1.54, 1.807) is 0 Å². The SMILES string of the molecule is CCC(O)CCl.CCC(O)CO. The first-order valence-electron chi connectivity index (χ1n) is 4.15. The summed E-state index contributed by atoms with van der Waals surface area (Å²) in [6.07, 6.45) is 0.580. The molecule has 0 aromatic heterocycles. The highest BCUT2D eigenvalue weighted by molar-refractivity contribution is 6.18. The van der Waals surface area contributed by atoms with E-state index >= 15 is 0 Å². The van der Waals surface area contributed by atoms with Gasteiger partial charge in [-0.25, -0.2) is 0 Å². The molecular formula is C8H19ClO3. The van der Waals surface area contributed by atoms with E-state index < -0.39 is 6.10 Å². The maximum absolute atomic E-state index is 8.53. The van der Waals surface area contributed by atoms with E-state index in [0.29, 0.717) is 12.3 Å². The van der Waals surface area contributed by atoms with Crippen molar-refractivity contribution < 1.29 is 15.3 Å². The van der Waals surface area contributed by atoms with Gasteiger partial charge in [0.15, 0.2) is 0 Å². The quantitative estimate of drug-likeness (QED) is 0.585. The van der Waals surface area contributed by atoms with Crippen molar-refractivity contribution in [3.63, 3.8) is 0 Å². The molecule has 3 N–H and O–H groups in total. The second kappa shape index (κ2) is 11.2. The lowest BCUT2D eigenvalue weighted by molar-refractivity contribution is 0.0923. The lowest BCUT2D eigenvalue weighted by atomic mass is 10.3. The molecule has 76 valence electrons. The highest BCUT2D eigenvalue weighted by Crippen LogP contribution is 1.90. The molecule has 0 fully saturated rings. The smallest absolute Gasteiger partial charge is 0.0768 e. The number of hydrogen-bond donors (Lipinski definition) is 3. The van der Waals surface area contributed by atoms with Crippen LogP contribution in [0.3, 0.4) is 0 Å². The van der Waals surface area contributed by atoms with Crippen molar-refractivity contribution in [2.45, 2.75) is 38.9 Å². The molecule has 2 atom stereocenters. The van der Waals surface area contributed by atoms with Gasteiger partial charge in [0.2, 0.25) is 0 Å². The van der Waals surface area contributed by atoms with Crippen LogP contribution in [0.1, 0.15) is 26.7 Å². The van der Waals surface area contributed by atoms with Gasteiger partial charge in [-0.05, 0) is 12.8 Å². The summed E-state index contributed by atoms with van der Waals surface area (Å²) in [5, 5.41) is 25.0. The minimum atomic E-state index is -0.509. The normalized spacial score (nSPS) is 14.5. The van der Waals surface area contributed by atoms with Gasteiger partial charge >= 0.3 is 0 Å². The Balaban J connectivity index is 0. The van der Waals surface area contributed by atoms with E-state index in [1.165, 1.54) is 0 Å². The number of rotatable bonds is 4. The molecule has 0 aliphatic heterocycles. The maximum Gasteiger partial charge on any atom is 0.0768 e. The standard InChI is InChI=1S/C4H9ClO.C4H10O2/c2*1-2-4(6)3-5/h4,6H,2-3H2,1H3;4-6H,2-3H2,1H3. The topological polar surface area (TPSA) is 60.7 Å². The number of aliphatic hydroxyl groups is 3. The molecule has 0 aromatic rings. The molecule has 0 spiro atoms. The number of alkyl halides is 1. The van der Waals surface area contributed by atoms with Gasteiger partial charge in [-0.3, -0.25) is 0 Å². The fraction of sp³-hybridized carbons (Fsp3) is 1.00. The Morgan fingerprint density at radius 1 is 1.08 bits per heavy atom. The largest absolute Gasteiger partial charge is 0.394 e. The zero-order chi connectivity index (χ0) is 9.98. The van der Waals surface area contributed by atoms with Crippen molar-refractivity contribution in [3.8, 4) is 0 Å². The van der Waals surface area contributed by atoms with E-state index in [9.17, 15) is 0 Å². The zero-order valence-corrected chi connectivity index (χ0v) is 8.46. The van der Waals surface area contributed by atoms with Crippen molar-refractivity contribution in [1.82, 2.24) is 0 Å². The van der Waals surface area contributed by atoms with E-state index in [0.717, 1.165) is 6.42 Å². The summed E-state index contributed by atoms with van der Waals surface area (Å²) in [6, 6.07) is 0. The molecule has 12 heavy (non-hydrogen) atoms. The molecule has 0 heterocycles. The van der Waals surface area contributed by atoms with E-state index in [1.807, 2.05) is 13.8 Å². The first-order chi connectivity index (χ1) is 5.62. The maximum atomic E-state index is 8.53. The van der Waals surface area contributed by atoms with Crippen LogP contribution in [0.15, 0.2) is 0 Å². The van der Waals surface area contributed by atoms with Gasteiger partial charge < -0.3 is 15.3 Å². The second-order valence-electron chi connectivity index (χ2n) is 2.46. The average molecular weight is 199 g/mol. The zero-order valence-electron chi connectivity index (χ0n) is 7.70. The van der Waals surface area contributed by atoms with E-state index in [2.05, 4.69) is 0 Å². The van der Waals surface area contributed by atoms with Crippen LogP contribution in [0.25, 0.3) is 0 Å². The van der Waals surface area contributed by atoms with Crippen molar-refractivity contribution in [2.24, 2.45) is 0 Å². The summed E-state index contributed by atoms with van der Waals surface area (Å²) in [6.45, 7) is 3.60. The molecule has 0 radical (unpaired) electrons. The van der Waals surface area contributed by atoms with Crippen LogP contribution in [-0.4, -0.2) is 40.0 Å². The molecule has 0 saturated heterocycles. The summed E-state index contributed by atoms with van der Waals surface area (Å²) in [7, 11) is 0. The third-order valence-electron chi connectivity index (χ3n) is 1.33. The predicted octanol–water partition coefficient (Wildman–Crippen LogP) is 0.746. The summed E-state index contributed by atoms with van der Waals surface area (Å²) < 4.78 is 0. The molecule has 0 aromatic carbocycles. The highest BCUT2D eigenvalue weighted by atomic mass is 35.5. The summed E-state index contributed by atoms with van der Waals surface area (Å²) in [5.74, 6) is 0.358. The number of hydrogen-bond acceptors (Lipinski definition) is 3. The van der Waals surface area contributed by atoms with Crippen LogP contribution in [-0.2, 0) is 0 Å². The monoisotopic (exact) mass is 198 g/mol. The predicted molar refractivity (Wildman–Crippen MR) is 50.4 cm³/mol. The third-order valence-corrected chi connectivity index (χ3v) is 1.69. The van der Waals surface area contributed by atoms with Gasteiger partial charge in [-0.1, -0.05) is 13.8 Å². The molecule has 0 aliphatic carbocycles. The first-order valence-corrected chi connectivity index (χ1v) is 4.68. The average Bonchev–Trinajstić information content (AvgIpc) is 2.16. The number of aliphatic hydroxyl groups excluding tert-OH is 3. The van der Waals surface area contributed by atoms with Gasteiger partial charge in [0.1, 0.15) is 0 Å². The van der Waals surface area contributed by atoms with E-state index in [4.69, 9.17) is 26.9 Å². The van der Waals surface area contributed by atoms with Gasteiger partial charge in [0.05, 0.1) is 18.8 Å². The van der Waals surface area contributed by atoms with Gasteiger partial charge in [-0.2, -0.15) is 0 Å². The Labute approximate surface area is 79.0 Å². The van der Waals surface area contributed by atoms with Crippen LogP contribution in [0.5, 0.6) is 0 Å². The molecule has 0 aliphatic rings. The van der Waals surface area contributed by atoms with Crippen LogP contribution < -0.4 is 0 Å². The fourth-order valence-electron chi connectivity index (χ4n) is 0.238. The Morgan fingerprint density at radius 3 is 1.50 bits per heavy atom. The Morgan fingerprint density at radius 2 is 1.50 bits per heavy atom. The third kappa shape index (κ3) is 12.8. The van der Waals surface area contributed by atoms with Crippen molar-refractivity contribution in [1.29, 1.82) is 0 Å². The second-order valence-corrected chi connectivity index (χ2v) is 2.77. The molecule has 2 unspecified atom stereocenters. The highest BCUT2D eigenvalue weighted by Gasteiger charge is 1.92. The molecular weight excluding hydrogens is 180 g/mol. The molecule has 0 saturated carbocycles. The van der Waals surface area contributed by atoms with Crippen LogP contribution in [0.2, 0.25) is 0 Å². The fourth-order valence-corrected chi connectivity index (χ4v) is 0.456. The van der Waals surface area contributed by atoms with E-state index in [-0.39, 0.29) is 12.7 Å². The first kappa shape index (κ1) is 14.7. The molecule has 3 nitrogen and oxygen atoms in total. The minimum Gasteiger partial charge on any atom is -0.394 e. The lowest BCUT2D eigenvalue weighted by Gasteiger charge is -1.97. The minimum absolute atomic E-state index is 0.115. The lowest BCUT2D eigenvalue weighted by Crippen LogP contribution is -2.08. The molecule has 0 amide bonds. The Hall–Kier alpha value is 0.170. The molecule has 4 heteroatoms. The van der Waals surface area contributed by atoms with Gasteiger partial charge in [0, 0.05) is 5.88 Å². The van der Waals surface area contributed by atoms with Crippen molar-refractivity contribution >= 4 is 11.6 Å². The van der Waals surface area contributed by atoms with Crippen LogP contribution in [0.4, 0.5) is 0 Å². The summed E-state index contributed by atoms with van der Waals surface area (Å²) in [5.41, 5.74) is 0. The van der Waals surface area contributed by atoms with Crippen LogP contribution in [0, 0.1) is 0 Å². The van der Waals surface area contributed by atoms with Gasteiger partial charge in [0.25, 0.3) is 0 Å². The van der Waals surface area contributed by atoms with Crippen molar-refractivity contribution in [3.05, 3.63) is 0 Å². The Kier molecular flexibility index (Phi) is 13.7. The van der Waals surface area contributed by atoms with Crippen molar-refractivity contribution in [2.75, 3.05) is 12.5 Å². The Bertz CT molecular complexity index is 62.7.